The SMILES string of the molecule is Cc1ccc(-c2ccc(/C=N\NC(=O)c3cc4cc(Br)cc(Br)c4o3)o2)cc1[N+](=O)[O-]. The monoisotopic (exact) mass is 545 g/mol. The molecule has 0 aliphatic carbocycles. The molecule has 1 N–H and O–H groups in total. The average molecular weight is 547 g/mol. The summed E-state index contributed by atoms with van der Waals surface area (Å²) in [6.45, 7) is 1.67. The fraction of sp³-hybridized carbons (Fsp3) is 0.0476. The zero-order chi connectivity index (χ0) is 22.1. The van der Waals surface area contributed by atoms with Gasteiger partial charge in [-0.3, -0.25) is 14.9 Å². The number of aryl methyl sites for hydroxylation is 1. The molecule has 8 nitrogen and oxygen atoms in total. The van der Waals surface area contributed by atoms with Gasteiger partial charge in [0.15, 0.2) is 5.76 Å². The van der Waals surface area contributed by atoms with Crippen LogP contribution in [0.4, 0.5) is 5.69 Å². The second-order valence-electron chi connectivity index (χ2n) is 6.58. The molecule has 0 spiro atoms. The van der Waals surface area contributed by atoms with Crippen LogP contribution in [-0.4, -0.2) is 17.0 Å². The number of fused-ring (bicyclic) bond motifs is 1. The van der Waals surface area contributed by atoms with Gasteiger partial charge >= 0.3 is 5.91 Å². The largest absolute Gasteiger partial charge is 0.455 e. The fourth-order valence-corrected chi connectivity index (χ4v) is 4.27. The Kier molecular flexibility index (Phi) is 5.75. The number of hydrazone groups is 1. The van der Waals surface area contributed by atoms with Crippen molar-refractivity contribution in [1.82, 2.24) is 5.43 Å². The summed E-state index contributed by atoms with van der Waals surface area (Å²) in [4.78, 5) is 23.0. The van der Waals surface area contributed by atoms with Crippen LogP contribution in [0, 0.1) is 17.0 Å². The summed E-state index contributed by atoms with van der Waals surface area (Å²) in [5.41, 5.74) is 4.09. The first kappa shape index (κ1) is 21.0. The Balaban J connectivity index is 1.47. The second kappa shape index (κ2) is 8.48. The molecule has 0 saturated carbocycles. The van der Waals surface area contributed by atoms with E-state index < -0.39 is 10.8 Å². The van der Waals surface area contributed by atoms with Crippen LogP contribution < -0.4 is 5.43 Å². The van der Waals surface area contributed by atoms with Gasteiger partial charge in [-0.1, -0.05) is 28.1 Å². The number of hydrogen-bond donors (Lipinski definition) is 1. The molecule has 10 heteroatoms. The minimum absolute atomic E-state index is 0.0147. The van der Waals surface area contributed by atoms with Crippen LogP contribution in [0.1, 0.15) is 21.9 Å². The number of nitrogens with one attached hydrogen (secondary N) is 1. The highest BCUT2D eigenvalue weighted by molar-refractivity contribution is 9.11. The maximum absolute atomic E-state index is 12.3. The number of carbonyl (C=O) groups is 1. The Morgan fingerprint density at radius 3 is 2.71 bits per heavy atom. The molecule has 0 aliphatic rings. The van der Waals surface area contributed by atoms with E-state index in [1.807, 2.05) is 12.1 Å². The van der Waals surface area contributed by atoms with Gasteiger partial charge in [-0.05, 0) is 53.2 Å². The number of carbonyl (C=O) groups excluding carboxylic acids is 1. The van der Waals surface area contributed by atoms with E-state index in [4.69, 9.17) is 8.83 Å². The van der Waals surface area contributed by atoms with Crippen LogP contribution in [0.25, 0.3) is 22.3 Å². The lowest BCUT2D eigenvalue weighted by atomic mass is 10.1. The lowest BCUT2D eigenvalue weighted by molar-refractivity contribution is -0.385. The minimum atomic E-state index is -0.517. The van der Waals surface area contributed by atoms with E-state index >= 15 is 0 Å². The molecule has 0 saturated heterocycles. The summed E-state index contributed by atoms with van der Waals surface area (Å²) in [6.07, 6.45) is 1.33. The number of hydrogen-bond acceptors (Lipinski definition) is 6. The van der Waals surface area contributed by atoms with Gasteiger partial charge in [-0.15, -0.1) is 0 Å². The van der Waals surface area contributed by atoms with Crippen LogP contribution in [0.5, 0.6) is 0 Å². The zero-order valence-electron chi connectivity index (χ0n) is 15.9. The van der Waals surface area contributed by atoms with Crippen molar-refractivity contribution in [3.63, 3.8) is 0 Å². The molecule has 0 radical (unpaired) electrons. The highest BCUT2D eigenvalue weighted by atomic mass is 79.9. The van der Waals surface area contributed by atoms with Gasteiger partial charge in [-0.25, -0.2) is 5.43 Å². The molecule has 2 heterocycles. The van der Waals surface area contributed by atoms with Gasteiger partial charge in [0.05, 0.1) is 15.6 Å². The van der Waals surface area contributed by atoms with Gasteiger partial charge in [-0.2, -0.15) is 5.10 Å². The fourth-order valence-electron chi connectivity index (χ4n) is 2.93. The van der Waals surface area contributed by atoms with Crippen molar-refractivity contribution < 1.29 is 18.6 Å². The molecule has 2 aromatic heterocycles. The number of benzene rings is 2. The van der Waals surface area contributed by atoms with E-state index in [1.165, 1.54) is 12.3 Å². The van der Waals surface area contributed by atoms with Gasteiger partial charge < -0.3 is 8.83 Å². The van der Waals surface area contributed by atoms with E-state index in [-0.39, 0.29) is 11.4 Å². The molecule has 4 aromatic rings. The predicted molar refractivity (Wildman–Crippen MR) is 122 cm³/mol. The standard InChI is InChI=1S/C21H13Br2N3O5/c1-11-2-3-12(7-17(11)26(28)29)18-5-4-15(30-18)10-24-25-21(27)19-8-13-6-14(22)9-16(23)20(13)31-19/h2-10H,1H3,(H,25,27)/b24-10-. The molecule has 0 unspecified atom stereocenters. The summed E-state index contributed by atoms with van der Waals surface area (Å²) < 4.78 is 12.8. The second-order valence-corrected chi connectivity index (χ2v) is 8.35. The normalized spacial score (nSPS) is 11.3. The van der Waals surface area contributed by atoms with Crippen molar-refractivity contribution in [1.29, 1.82) is 0 Å². The van der Waals surface area contributed by atoms with E-state index in [0.717, 1.165) is 14.3 Å². The molecule has 0 fully saturated rings. The molecular weight excluding hydrogens is 534 g/mol. The number of amides is 1. The molecule has 0 aliphatic heterocycles. The molecular formula is C21H13Br2N3O5. The van der Waals surface area contributed by atoms with Crippen LogP contribution in [0.2, 0.25) is 0 Å². The average Bonchev–Trinajstić information content (AvgIpc) is 3.35. The third kappa shape index (κ3) is 4.44. The van der Waals surface area contributed by atoms with E-state index in [2.05, 4.69) is 42.4 Å². The Labute approximate surface area is 192 Å². The molecule has 0 atom stereocenters. The maximum atomic E-state index is 12.3. The molecule has 2 aromatic carbocycles. The number of furan rings is 2. The minimum Gasteiger partial charge on any atom is -0.455 e. The third-order valence-corrected chi connectivity index (χ3v) is 5.48. The first-order valence-corrected chi connectivity index (χ1v) is 10.5. The van der Waals surface area contributed by atoms with Crippen molar-refractivity contribution in [3.05, 3.63) is 84.7 Å². The Morgan fingerprint density at radius 1 is 1.13 bits per heavy atom. The van der Waals surface area contributed by atoms with Gasteiger partial charge in [0.1, 0.15) is 17.1 Å². The number of halogens is 2. The first-order chi connectivity index (χ1) is 14.8. The Bertz CT molecular complexity index is 1360. The lowest BCUT2D eigenvalue weighted by Gasteiger charge is -2.00. The van der Waals surface area contributed by atoms with Gasteiger partial charge in [0.25, 0.3) is 5.69 Å². The molecule has 1 amide bonds. The van der Waals surface area contributed by atoms with E-state index in [1.54, 1.807) is 37.3 Å². The van der Waals surface area contributed by atoms with Crippen LogP contribution in [0.15, 0.2) is 71.4 Å². The number of nitro benzene ring substituents is 1. The third-order valence-electron chi connectivity index (χ3n) is 4.43. The number of rotatable bonds is 5. The van der Waals surface area contributed by atoms with Crippen molar-refractivity contribution in [2.75, 3.05) is 0 Å². The molecule has 156 valence electrons. The number of nitro groups is 1. The highest BCUT2D eigenvalue weighted by Crippen LogP contribution is 2.31. The smallest absolute Gasteiger partial charge is 0.307 e. The summed E-state index contributed by atoms with van der Waals surface area (Å²) in [5.74, 6) is 0.410. The molecule has 4 rings (SSSR count). The summed E-state index contributed by atoms with van der Waals surface area (Å²) in [6, 6.07) is 13.4. The summed E-state index contributed by atoms with van der Waals surface area (Å²) in [5, 5.41) is 15.8. The molecule has 0 bridgehead atoms. The van der Waals surface area contributed by atoms with Crippen LogP contribution in [-0.2, 0) is 0 Å². The quantitative estimate of drug-likeness (QED) is 0.182. The Morgan fingerprint density at radius 2 is 1.94 bits per heavy atom. The van der Waals surface area contributed by atoms with Crippen molar-refractivity contribution in [3.8, 4) is 11.3 Å². The summed E-state index contributed by atoms with van der Waals surface area (Å²) >= 11 is 6.79. The van der Waals surface area contributed by atoms with Gasteiger partial charge in [0, 0.05) is 27.1 Å². The van der Waals surface area contributed by atoms with E-state index in [0.29, 0.717) is 28.2 Å². The van der Waals surface area contributed by atoms with Gasteiger partial charge in [0.2, 0.25) is 0 Å². The van der Waals surface area contributed by atoms with E-state index in [9.17, 15) is 14.9 Å². The van der Waals surface area contributed by atoms with Crippen LogP contribution >= 0.6 is 31.9 Å². The molecule has 31 heavy (non-hydrogen) atoms. The topological polar surface area (TPSA) is 111 Å². The Hall–Kier alpha value is -3.24. The maximum Gasteiger partial charge on any atom is 0.307 e. The van der Waals surface area contributed by atoms with Crippen molar-refractivity contribution >= 4 is 60.6 Å². The van der Waals surface area contributed by atoms with Crippen molar-refractivity contribution in [2.45, 2.75) is 6.92 Å². The van der Waals surface area contributed by atoms with Crippen LogP contribution in [0.3, 0.4) is 0 Å². The predicted octanol–water partition coefficient (Wildman–Crippen LogP) is 6.20. The number of nitrogens with zero attached hydrogens (tertiary/aromatic N) is 2. The summed E-state index contributed by atoms with van der Waals surface area (Å²) in [7, 11) is 0. The van der Waals surface area contributed by atoms with Crippen molar-refractivity contribution in [2.24, 2.45) is 5.10 Å². The highest BCUT2D eigenvalue weighted by Gasteiger charge is 2.15. The first-order valence-electron chi connectivity index (χ1n) is 8.89. The zero-order valence-corrected chi connectivity index (χ0v) is 19.1. The lowest BCUT2D eigenvalue weighted by Crippen LogP contribution is -2.16.